The van der Waals surface area contributed by atoms with Crippen molar-refractivity contribution in [1.29, 1.82) is 0 Å². The molecule has 40 heavy (non-hydrogen) atoms. The van der Waals surface area contributed by atoms with E-state index in [2.05, 4.69) is 14.7 Å². The van der Waals surface area contributed by atoms with Crippen LogP contribution < -0.4 is 0 Å². The molecule has 214 valence electrons. The monoisotopic (exact) mass is 569 g/mol. The molecule has 0 spiro atoms. The number of methoxy groups -OCH3 is 1. The predicted molar refractivity (Wildman–Crippen MR) is 156 cm³/mol. The van der Waals surface area contributed by atoms with Gasteiger partial charge in [0.25, 0.3) is 0 Å². The minimum absolute atomic E-state index is 0.0802. The molecule has 9 nitrogen and oxygen atoms in total. The fraction of sp³-hybridized carbons (Fsp3) is 0.300. The smallest absolute Gasteiger partial charge is 0.115 e. The number of hydrogen-bond acceptors (Lipinski definition) is 9. The maximum absolute atomic E-state index is 9.54. The van der Waals surface area contributed by atoms with Crippen molar-refractivity contribution in [2.45, 2.75) is 0 Å². The molecule has 0 fully saturated rings. The molecule has 4 rings (SSSR count). The van der Waals surface area contributed by atoms with Gasteiger partial charge in [0.15, 0.2) is 0 Å². The van der Waals surface area contributed by atoms with Crippen molar-refractivity contribution in [2.75, 3.05) is 59.2 Å². The van der Waals surface area contributed by atoms with Crippen LogP contribution in [0.3, 0.4) is 0 Å². The highest BCUT2D eigenvalue weighted by molar-refractivity contribution is 6.17. The second-order valence-electron chi connectivity index (χ2n) is 7.96. The lowest BCUT2D eigenvalue weighted by Crippen LogP contribution is -2.05. The normalized spacial score (nSPS) is 10.2. The van der Waals surface area contributed by atoms with Crippen molar-refractivity contribution in [2.24, 2.45) is 0 Å². The van der Waals surface area contributed by atoms with Crippen LogP contribution in [0.15, 0.2) is 85.2 Å². The van der Waals surface area contributed by atoms with Crippen LogP contribution in [0.25, 0.3) is 33.9 Å². The van der Waals surface area contributed by atoms with Crippen molar-refractivity contribution in [3.63, 3.8) is 0 Å². The maximum Gasteiger partial charge on any atom is 0.115 e. The van der Waals surface area contributed by atoms with Crippen molar-refractivity contribution >= 4 is 11.6 Å². The fourth-order valence-corrected chi connectivity index (χ4v) is 3.28. The van der Waals surface area contributed by atoms with Crippen LogP contribution in [0.4, 0.5) is 0 Å². The lowest BCUT2D eigenvalue weighted by atomic mass is 10.0. The molecule has 3 heterocycles. The minimum atomic E-state index is 0.0802. The van der Waals surface area contributed by atoms with Gasteiger partial charge in [0, 0.05) is 25.4 Å². The number of hydrogen-bond donors (Lipinski definition) is 3. The standard InChI is InChI=1S/C21H15N3O.C5H12O3.C4H9ClO2/c25-17-9-7-15(8-10-17)16-13-20(18-5-1-3-11-22-18)24-21(14-16)19-6-2-4-12-23-19;1-7-4-5-8-3-2-6;5-1-3-7-4-2-6/h1-14,25H;6H,2-5H2,1H3;6H,1-4H2. The number of aromatic hydroxyl groups is 1. The highest BCUT2D eigenvalue weighted by Crippen LogP contribution is 2.29. The molecule has 0 saturated carbocycles. The molecule has 10 heteroatoms. The van der Waals surface area contributed by atoms with E-state index in [1.54, 1.807) is 31.6 Å². The molecule has 0 bridgehead atoms. The van der Waals surface area contributed by atoms with E-state index in [9.17, 15) is 5.11 Å². The highest BCUT2D eigenvalue weighted by Gasteiger charge is 2.10. The average molecular weight is 570 g/mol. The van der Waals surface area contributed by atoms with E-state index in [1.165, 1.54) is 0 Å². The first kappa shape index (κ1) is 32.8. The maximum atomic E-state index is 9.54. The van der Waals surface area contributed by atoms with E-state index in [1.807, 2.05) is 60.7 Å². The van der Waals surface area contributed by atoms with Crippen LogP contribution in [0.5, 0.6) is 5.75 Å². The van der Waals surface area contributed by atoms with Gasteiger partial charge in [-0.1, -0.05) is 24.3 Å². The van der Waals surface area contributed by atoms with Crippen LogP contribution in [-0.2, 0) is 14.2 Å². The third kappa shape index (κ3) is 12.6. The first-order valence-corrected chi connectivity index (χ1v) is 13.2. The second kappa shape index (κ2) is 20.5. The molecule has 0 aliphatic carbocycles. The molecule has 3 N–H and O–H groups in total. The number of pyridine rings is 3. The number of aliphatic hydroxyl groups excluding tert-OH is 2. The van der Waals surface area contributed by atoms with E-state index in [0.29, 0.717) is 38.9 Å². The summed E-state index contributed by atoms with van der Waals surface area (Å²) in [5.41, 5.74) is 5.17. The molecule has 1 aromatic carbocycles. The predicted octanol–water partition coefficient (Wildman–Crippen LogP) is 4.45. The van der Waals surface area contributed by atoms with E-state index < -0.39 is 0 Å². The van der Waals surface area contributed by atoms with Crippen molar-refractivity contribution in [3.05, 3.63) is 85.2 Å². The zero-order chi connectivity index (χ0) is 28.8. The topological polar surface area (TPSA) is 127 Å². The van der Waals surface area contributed by atoms with Crippen molar-refractivity contribution in [1.82, 2.24) is 15.0 Å². The third-order valence-electron chi connectivity index (χ3n) is 5.01. The Morgan fingerprint density at radius 2 is 1.20 bits per heavy atom. The summed E-state index contributed by atoms with van der Waals surface area (Å²) in [5.74, 6) is 0.743. The lowest BCUT2D eigenvalue weighted by Gasteiger charge is -2.09. The Balaban J connectivity index is 0.000000310. The van der Waals surface area contributed by atoms with E-state index in [-0.39, 0.29) is 19.0 Å². The quantitative estimate of drug-likeness (QED) is 0.167. The summed E-state index contributed by atoms with van der Waals surface area (Å²) in [6, 6.07) is 22.6. The number of phenols is 1. The second-order valence-corrected chi connectivity index (χ2v) is 8.33. The van der Waals surface area contributed by atoms with Gasteiger partial charge in [-0.05, 0) is 59.7 Å². The van der Waals surface area contributed by atoms with E-state index >= 15 is 0 Å². The molecule has 0 aliphatic rings. The van der Waals surface area contributed by atoms with Gasteiger partial charge < -0.3 is 29.5 Å². The lowest BCUT2D eigenvalue weighted by molar-refractivity contribution is 0.0500. The number of benzene rings is 1. The fourth-order valence-electron chi connectivity index (χ4n) is 3.17. The van der Waals surface area contributed by atoms with Crippen molar-refractivity contribution in [3.8, 4) is 39.7 Å². The van der Waals surface area contributed by atoms with Gasteiger partial charge in [-0.2, -0.15) is 0 Å². The molecular weight excluding hydrogens is 534 g/mol. The molecule has 0 atom stereocenters. The summed E-state index contributed by atoms with van der Waals surface area (Å²) in [4.78, 5) is 13.6. The van der Waals surface area contributed by atoms with Crippen LogP contribution >= 0.6 is 11.6 Å². The van der Waals surface area contributed by atoms with Gasteiger partial charge in [0.1, 0.15) is 5.75 Å². The summed E-state index contributed by atoms with van der Waals surface area (Å²) in [6.45, 7) is 2.66. The van der Waals surface area contributed by atoms with Crippen LogP contribution in [0.2, 0.25) is 0 Å². The number of aliphatic hydroxyl groups is 2. The molecule has 0 amide bonds. The molecule has 0 unspecified atom stereocenters. The summed E-state index contributed by atoms with van der Waals surface area (Å²) in [6.07, 6.45) is 3.51. The number of halogens is 1. The third-order valence-corrected chi connectivity index (χ3v) is 5.16. The van der Waals surface area contributed by atoms with Gasteiger partial charge in [-0.3, -0.25) is 9.97 Å². The van der Waals surface area contributed by atoms with Gasteiger partial charge in [0.2, 0.25) is 0 Å². The number of alkyl halides is 1. The summed E-state index contributed by atoms with van der Waals surface area (Å²) in [5, 5.41) is 25.9. The Labute approximate surface area is 240 Å². The molecule has 0 radical (unpaired) electrons. The molecule has 3 aromatic heterocycles. The van der Waals surface area contributed by atoms with E-state index in [4.69, 9.17) is 36.3 Å². The SMILES string of the molecule is COCCOCCO.OCCOCCCl.Oc1ccc(-c2cc(-c3ccccn3)nc(-c3ccccn3)c2)cc1. The first-order chi connectivity index (χ1) is 19.6. The first-order valence-electron chi connectivity index (χ1n) is 12.7. The largest absolute Gasteiger partial charge is 0.508 e. The van der Waals surface area contributed by atoms with Crippen LogP contribution in [0.1, 0.15) is 0 Å². The zero-order valence-electron chi connectivity index (χ0n) is 22.5. The summed E-state index contributed by atoms with van der Waals surface area (Å²) in [7, 11) is 1.61. The minimum Gasteiger partial charge on any atom is -0.508 e. The number of aromatic nitrogens is 3. The van der Waals surface area contributed by atoms with Gasteiger partial charge in [-0.15, -0.1) is 11.6 Å². The van der Waals surface area contributed by atoms with Gasteiger partial charge in [-0.25, -0.2) is 4.98 Å². The molecule has 0 aliphatic heterocycles. The summed E-state index contributed by atoms with van der Waals surface area (Å²) < 4.78 is 14.3. The number of phenolic OH excluding ortho intramolecular Hbond substituents is 1. The Kier molecular flexibility index (Phi) is 16.8. The average Bonchev–Trinajstić information content (AvgIpc) is 3.01. The van der Waals surface area contributed by atoms with Crippen LogP contribution in [0, 0.1) is 0 Å². The number of ether oxygens (including phenoxy) is 3. The number of rotatable bonds is 12. The Bertz CT molecular complexity index is 1120. The van der Waals surface area contributed by atoms with Gasteiger partial charge >= 0.3 is 0 Å². The number of nitrogens with zero attached hydrogens (tertiary/aromatic N) is 3. The molecule has 0 saturated heterocycles. The highest BCUT2D eigenvalue weighted by atomic mass is 35.5. The van der Waals surface area contributed by atoms with Gasteiger partial charge in [0.05, 0.1) is 69.0 Å². The zero-order valence-corrected chi connectivity index (χ0v) is 23.3. The summed E-state index contributed by atoms with van der Waals surface area (Å²) >= 11 is 5.23. The van der Waals surface area contributed by atoms with E-state index in [0.717, 1.165) is 33.9 Å². The Hall–Kier alpha value is -3.44. The molecule has 4 aromatic rings. The Morgan fingerprint density at radius 1 is 0.650 bits per heavy atom. The van der Waals surface area contributed by atoms with Crippen molar-refractivity contribution < 1.29 is 29.5 Å². The van der Waals surface area contributed by atoms with Crippen LogP contribution in [-0.4, -0.2) is 89.5 Å². The Morgan fingerprint density at radius 3 is 1.65 bits per heavy atom. The molecular formula is C30H36ClN3O6.